The summed E-state index contributed by atoms with van der Waals surface area (Å²) in [6.45, 7) is 0.670. The van der Waals surface area contributed by atoms with Gasteiger partial charge in [0.25, 0.3) is 0 Å². The van der Waals surface area contributed by atoms with Gasteiger partial charge < -0.3 is 20.5 Å². The molecule has 124 valence electrons. The minimum Gasteiger partial charge on any atom is -0.497 e. The van der Waals surface area contributed by atoms with Crippen molar-refractivity contribution in [2.24, 2.45) is 10.7 Å². The van der Waals surface area contributed by atoms with Crippen molar-refractivity contribution in [2.45, 2.75) is 0 Å². The predicted octanol–water partition coefficient (Wildman–Crippen LogP) is 3.26. The Morgan fingerprint density at radius 1 is 1.17 bits per heavy atom. The van der Waals surface area contributed by atoms with Crippen LogP contribution in [0.3, 0.4) is 0 Å². The molecule has 5 nitrogen and oxygen atoms in total. The first-order valence-electron chi connectivity index (χ1n) is 6.77. The summed E-state index contributed by atoms with van der Waals surface area (Å²) in [6, 6.07) is 13.3. The molecule has 0 amide bonds. The third-order valence-electron chi connectivity index (χ3n) is 2.78. The van der Waals surface area contributed by atoms with Crippen LogP contribution in [-0.2, 0) is 0 Å². The van der Waals surface area contributed by atoms with Crippen LogP contribution in [-0.4, -0.2) is 26.2 Å². The number of halogens is 2. The zero-order valence-electron chi connectivity index (χ0n) is 12.7. The Bertz CT molecular complexity index is 653. The highest BCUT2D eigenvalue weighted by molar-refractivity contribution is 14.0. The van der Waals surface area contributed by atoms with E-state index in [1.165, 1.54) is 12.1 Å². The molecule has 23 heavy (non-hydrogen) atoms. The summed E-state index contributed by atoms with van der Waals surface area (Å²) in [5.74, 6) is 1.14. The third-order valence-corrected chi connectivity index (χ3v) is 2.78. The third kappa shape index (κ3) is 6.72. The van der Waals surface area contributed by atoms with Crippen LogP contribution in [0.1, 0.15) is 0 Å². The van der Waals surface area contributed by atoms with Crippen molar-refractivity contribution in [3.8, 4) is 11.5 Å². The molecule has 0 unspecified atom stereocenters. The summed E-state index contributed by atoms with van der Waals surface area (Å²) in [5, 5.41) is 2.96. The fraction of sp³-hybridized carbons (Fsp3) is 0.188. The first kappa shape index (κ1) is 19.0. The number of guanidine groups is 1. The number of nitrogens with zero attached hydrogens (tertiary/aromatic N) is 1. The molecule has 7 heteroatoms. The highest BCUT2D eigenvalue weighted by atomic mass is 127. The van der Waals surface area contributed by atoms with Crippen molar-refractivity contribution in [2.75, 3.05) is 25.6 Å². The first-order valence-corrected chi connectivity index (χ1v) is 6.77. The van der Waals surface area contributed by atoms with Crippen molar-refractivity contribution >= 4 is 35.6 Å². The van der Waals surface area contributed by atoms with Crippen molar-refractivity contribution in [3.05, 3.63) is 54.3 Å². The minimum atomic E-state index is -0.333. The summed E-state index contributed by atoms with van der Waals surface area (Å²) >= 11 is 0. The van der Waals surface area contributed by atoms with Crippen LogP contribution in [0.2, 0.25) is 0 Å². The Morgan fingerprint density at radius 3 is 2.65 bits per heavy atom. The van der Waals surface area contributed by atoms with Gasteiger partial charge in [-0.3, -0.25) is 0 Å². The van der Waals surface area contributed by atoms with Crippen molar-refractivity contribution in [1.29, 1.82) is 0 Å². The van der Waals surface area contributed by atoms with Gasteiger partial charge in [0, 0.05) is 17.8 Å². The van der Waals surface area contributed by atoms with Gasteiger partial charge in [0.05, 0.1) is 13.7 Å². The zero-order chi connectivity index (χ0) is 15.8. The fourth-order valence-corrected chi connectivity index (χ4v) is 1.77. The molecule has 2 aromatic rings. The summed E-state index contributed by atoms with van der Waals surface area (Å²) < 4.78 is 23.5. The van der Waals surface area contributed by atoms with E-state index in [0.29, 0.717) is 18.9 Å². The normalized spacial score (nSPS) is 10.6. The summed E-state index contributed by atoms with van der Waals surface area (Å²) in [7, 11) is 1.60. The van der Waals surface area contributed by atoms with E-state index in [1.54, 1.807) is 19.2 Å². The average Bonchev–Trinajstić information content (AvgIpc) is 2.52. The highest BCUT2D eigenvalue weighted by Gasteiger charge is 1.98. The number of rotatable bonds is 6. The van der Waals surface area contributed by atoms with E-state index < -0.39 is 0 Å². The van der Waals surface area contributed by atoms with Crippen LogP contribution < -0.4 is 20.5 Å². The van der Waals surface area contributed by atoms with Crippen molar-refractivity contribution in [1.82, 2.24) is 0 Å². The lowest BCUT2D eigenvalue weighted by Crippen LogP contribution is -2.23. The molecule has 0 saturated heterocycles. The Balaban J connectivity index is 0.00000264. The van der Waals surface area contributed by atoms with Crippen LogP contribution >= 0.6 is 24.0 Å². The van der Waals surface area contributed by atoms with E-state index in [4.69, 9.17) is 15.2 Å². The fourth-order valence-electron chi connectivity index (χ4n) is 1.77. The monoisotopic (exact) mass is 431 g/mol. The maximum absolute atomic E-state index is 13.0. The van der Waals surface area contributed by atoms with Gasteiger partial charge in [-0.1, -0.05) is 12.1 Å². The van der Waals surface area contributed by atoms with Gasteiger partial charge in [-0.2, -0.15) is 0 Å². The van der Waals surface area contributed by atoms with Crippen LogP contribution in [0.5, 0.6) is 11.5 Å². The van der Waals surface area contributed by atoms with Crippen LogP contribution in [0.15, 0.2) is 53.5 Å². The molecular formula is C16H19FIN3O2. The smallest absolute Gasteiger partial charge is 0.193 e. The predicted molar refractivity (Wildman–Crippen MR) is 100 cm³/mol. The average molecular weight is 431 g/mol. The van der Waals surface area contributed by atoms with E-state index in [2.05, 4.69) is 10.3 Å². The number of benzene rings is 2. The summed E-state index contributed by atoms with van der Waals surface area (Å²) in [5.41, 5.74) is 6.57. The summed E-state index contributed by atoms with van der Waals surface area (Å²) in [6.07, 6.45) is 0. The maximum Gasteiger partial charge on any atom is 0.193 e. The number of hydrogen-bond acceptors (Lipinski definition) is 3. The van der Waals surface area contributed by atoms with E-state index in [0.717, 1.165) is 11.4 Å². The Labute approximate surface area is 151 Å². The van der Waals surface area contributed by atoms with E-state index in [1.807, 2.05) is 24.3 Å². The van der Waals surface area contributed by atoms with Crippen molar-refractivity contribution < 1.29 is 13.9 Å². The molecule has 0 saturated carbocycles. The van der Waals surface area contributed by atoms with Crippen LogP contribution in [0.25, 0.3) is 0 Å². The zero-order valence-corrected chi connectivity index (χ0v) is 15.0. The first-order chi connectivity index (χ1) is 10.7. The molecule has 0 aromatic heterocycles. The minimum absolute atomic E-state index is 0. The molecule has 0 aliphatic carbocycles. The second-order valence-corrected chi connectivity index (χ2v) is 4.43. The van der Waals surface area contributed by atoms with Gasteiger partial charge >= 0.3 is 0 Å². The van der Waals surface area contributed by atoms with Gasteiger partial charge in [0.15, 0.2) is 5.96 Å². The molecule has 2 aromatic carbocycles. The molecule has 3 N–H and O–H groups in total. The molecule has 0 radical (unpaired) electrons. The largest absolute Gasteiger partial charge is 0.497 e. The number of nitrogens with two attached hydrogens (primary N) is 1. The molecular weight excluding hydrogens is 412 g/mol. The molecule has 0 atom stereocenters. The lowest BCUT2D eigenvalue weighted by Gasteiger charge is -2.08. The number of nitrogens with one attached hydrogen (secondary N) is 1. The number of methoxy groups -OCH3 is 1. The SMILES string of the molecule is COc1cccc(NC(N)=NCCOc2cccc(F)c2)c1.I. The molecule has 0 fully saturated rings. The Morgan fingerprint density at radius 2 is 1.91 bits per heavy atom. The topological polar surface area (TPSA) is 68.9 Å². The molecule has 0 aliphatic rings. The highest BCUT2D eigenvalue weighted by Crippen LogP contribution is 2.16. The standard InChI is InChI=1S/C16H18FN3O2.HI/c1-21-14-6-3-5-13(11-14)20-16(18)19-8-9-22-15-7-2-4-12(17)10-15;/h2-7,10-11H,8-9H2,1H3,(H3,18,19,20);1H. The lowest BCUT2D eigenvalue weighted by atomic mass is 10.3. The second-order valence-electron chi connectivity index (χ2n) is 4.43. The van der Waals surface area contributed by atoms with Gasteiger partial charge in [0.2, 0.25) is 0 Å². The van der Waals surface area contributed by atoms with Crippen LogP contribution in [0.4, 0.5) is 10.1 Å². The van der Waals surface area contributed by atoms with Gasteiger partial charge in [-0.25, -0.2) is 9.38 Å². The molecule has 0 aliphatic heterocycles. The number of ether oxygens (including phenoxy) is 2. The quantitative estimate of drug-likeness (QED) is 0.319. The second kappa shape index (κ2) is 9.88. The summed E-state index contributed by atoms with van der Waals surface area (Å²) in [4.78, 5) is 4.14. The molecule has 0 spiro atoms. The number of hydrogen-bond donors (Lipinski definition) is 2. The van der Waals surface area contributed by atoms with Gasteiger partial charge in [0.1, 0.15) is 23.9 Å². The number of aliphatic imine (C=N–C) groups is 1. The molecule has 0 heterocycles. The maximum atomic E-state index is 13.0. The lowest BCUT2D eigenvalue weighted by molar-refractivity contribution is 0.327. The van der Waals surface area contributed by atoms with Crippen LogP contribution in [0, 0.1) is 5.82 Å². The van der Waals surface area contributed by atoms with Crippen molar-refractivity contribution in [3.63, 3.8) is 0 Å². The van der Waals surface area contributed by atoms with Gasteiger partial charge in [-0.05, 0) is 24.3 Å². The molecule has 2 rings (SSSR count). The Hall–Kier alpha value is -2.03. The number of anilines is 1. The van der Waals surface area contributed by atoms with E-state index in [-0.39, 0.29) is 35.8 Å². The van der Waals surface area contributed by atoms with Gasteiger partial charge in [-0.15, -0.1) is 24.0 Å². The van der Waals surface area contributed by atoms with E-state index in [9.17, 15) is 4.39 Å². The Kier molecular flexibility index (Phi) is 8.17. The van der Waals surface area contributed by atoms with E-state index >= 15 is 0 Å². The molecule has 0 bridgehead atoms.